The van der Waals surface area contributed by atoms with Crippen molar-refractivity contribution in [2.75, 3.05) is 17.3 Å². The Hall–Kier alpha value is -3.08. The quantitative estimate of drug-likeness (QED) is 0.722. The maximum absolute atomic E-state index is 13.0. The van der Waals surface area contributed by atoms with Gasteiger partial charge in [-0.25, -0.2) is 0 Å². The van der Waals surface area contributed by atoms with E-state index in [0.717, 1.165) is 35.5 Å². The van der Waals surface area contributed by atoms with Gasteiger partial charge in [0.1, 0.15) is 5.75 Å². The van der Waals surface area contributed by atoms with Gasteiger partial charge >= 0.3 is 0 Å². The molecule has 0 heterocycles. The van der Waals surface area contributed by atoms with E-state index < -0.39 is 0 Å². The van der Waals surface area contributed by atoms with E-state index in [1.807, 2.05) is 53.4 Å². The summed E-state index contributed by atoms with van der Waals surface area (Å²) in [4.78, 5) is 26.0. The summed E-state index contributed by atoms with van der Waals surface area (Å²) >= 11 is 0. The van der Waals surface area contributed by atoms with Gasteiger partial charge < -0.3 is 15.0 Å². The van der Waals surface area contributed by atoms with E-state index in [1.165, 1.54) is 6.92 Å². The molecule has 3 rings (SSSR count). The molecule has 1 aliphatic carbocycles. The summed E-state index contributed by atoms with van der Waals surface area (Å²) in [5.41, 5.74) is 2.50. The Morgan fingerprint density at radius 3 is 2.29 bits per heavy atom. The minimum absolute atomic E-state index is 0.0458. The average Bonchev–Trinajstić information content (AvgIpc) is 3.53. The molecule has 0 radical (unpaired) electrons. The van der Waals surface area contributed by atoms with Crippen LogP contribution < -0.4 is 15.0 Å². The highest BCUT2D eigenvalue weighted by molar-refractivity contribution is 6.04. The molecule has 5 heteroatoms. The minimum atomic E-state index is -0.109. The monoisotopic (exact) mass is 378 g/mol. The van der Waals surface area contributed by atoms with Crippen LogP contribution in [0.5, 0.6) is 5.75 Å². The van der Waals surface area contributed by atoms with Crippen LogP contribution in [0, 0.1) is 5.92 Å². The van der Waals surface area contributed by atoms with Gasteiger partial charge in [0.2, 0.25) is 5.91 Å². The number of rotatable bonds is 7. The van der Waals surface area contributed by atoms with Crippen LogP contribution in [-0.2, 0) is 9.59 Å². The maximum atomic E-state index is 13.0. The van der Waals surface area contributed by atoms with E-state index in [9.17, 15) is 9.59 Å². The van der Waals surface area contributed by atoms with Gasteiger partial charge in [-0.1, -0.05) is 12.1 Å². The zero-order valence-corrected chi connectivity index (χ0v) is 16.5. The van der Waals surface area contributed by atoms with E-state index in [2.05, 4.69) is 12.2 Å². The molecule has 0 bridgehead atoms. The van der Waals surface area contributed by atoms with Gasteiger partial charge in [-0.2, -0.15) is 0 Å². The third kappa shape index (κ3) is 5.00. The highest BCUT2D eigenvalue weighted by atomic mass is 16.5. The first-order valence-electron chi connectivity index (χ1n) is 9.51. The summed E-state index contributed by atoms with van der Waals surface area (Å²) < 4.78 is 5.22. The Labute approximate surface area is 166 Å². The molecule has 1 unspecified atom stereocenters. The van der Waals surface area contributed by atoms with Gasteiger partial charge in [-0.05, 0) is 73.7 Å². The number of amides is 2. The lowest BCUT2D eigenvalue weighted by Gasteiger charge is -2.28. The molecule has 0 saturated heterocycles. The molecule has 1 atom stereocenters. The van der Waals surface area contributed by atoms with Crippen LogP contribution in [0.2, 0.25) is 0 Å². The van der Waals surface area contributed by atoms with Gasteiger partial charge in [0.15, 0.2) is 0 Å². The number of nitrogens with zero attached hydrogens (tertiary/aromatic N) is 1. The second-order valence-corrected chi connectivity index (χ2v) is 7.12. The van der Waals surface area contributed by atoms with Crippen molar-refractivity contribution in [3.05, 3.63) is 60.2 Å². The van der Waals surface area contributed by atoms with Crippen LogP contribution in [0.25, 0.3) is 6.08 Å². The predicted molar refractivity (Wildman–Crippen MR) is 112 cm³/mol. The van der Waals surface area contributed by atoms with Crippen LogP contribution in [0.4, 0.5) is 11.4 Å². The number of nitrogens with one attached hydrogen (secondary N) is 1. The number of methoxy groups -OCH3 is 1. The topological polar surface area (TPSA) is 58.6 Å². The number of ether oxygens (including phenoxy) is 1. The van der Waals surface area contributed by atoms with Crippen molar-refractivity contribution in [3.8, 4) is 5.75 Å². The Kier molecular flexibility index (Phi) is 6.14. The first kappa shape index (κ1) is 19.7. The van der Waals surface area contributed by atoms with E-state index in [0.29, 0.717) is 5.92 Å². The molecule has 2 aromatic rings. The summed E-state index contributed by atoms with van der Waals surface area (Å²) in [5, 5.41) is 2.73. The van der Waals surface area contributed by atoms with Gasteiger partial charge in [-0.15, -0.1) is 0 Å². The van der Waals surface area contributed by atoms with Crippen molar-refractivity contribution in [1.82, 2.24) is 0 Å². The molecule has 0 aliphatic heterocycles. The summed E-state index contributed by atoms with van der Waals surface area (Å²) in [7, 11) is 1.63. The molecule has 146 valence electrons. The molecule has 2 amide bonds. The third-order valence-corrected chi connectivity index (χ3v) is 4.95. The van der Waals surface area contributed by atoms with Crippen LogP contribution in [0.3, 0.4) is 0 Å². The zero-order valence-electron chi connectivity index (χ0n) is 16.5. The maximum Gasteiger partial charge on any atom is 0.251 e. The number of benzene rings is 2. The van der Waals surface area contributed by atoms with Crippen molar-refractivity contribution in [1.29, 1.82) is 0 Å². The van der Waals surface area contributed by atoms with Crippen LogP contribution in [0.1, 0.15) is 32.3 Å². The normalized spacial score (nSPS) is 14.5. The molecule has 2 aromatic carbocycles. The molecule has 1 fully saturated rings. The Morgan fingerprint density at radius 1 is 1.11 bits per heavy atom. The predicted octanol–water partition coefficient (Wildman–Crippen LogP) is 4.50. The molecule has 28 heavy (non-hydrogen) atoms. The van der Waals surface area contributed by atoms with Crippen molar-refractivity contribution >= 4 is 29.3 Å². The molecule has 1 N–H and O–H groups in total. The standard InChI is InChI=1S/C23H26N2O3/c1-16(19-7-8-19)25(21-11-13-22(28-3)14-12-21)23(27)15-6-18-4-9-20(10-5-18)24-17(2)26/h4-6,9-16,19H,7-8H2,1-3H3,(H,24,26)/b15-6+. The number of hydrogen-bond acceptors (Lipinski definition) is 3. The Bertz CT molecular complexity index is 852. The number of carbonyl (C=O) groups excluding carboxylic acids is 2. The largest absolute Gasteiger partial charge is 0.497 e. The molecule has 1 aliphatic rings. The molecule has 0 aromatic heterocycles. The molecule has 0 spiro atoms. The minimum Gasteiger partial charge on any atom is -0.497 e. The second-order valence-electron chi connectivity index (χ2n) is 7.12. The smallest absolute Gasteiger partial charge is 0.251 e. The molecular formula is C23H26N2O3. The van der Waals surface area contributed by atoms with E-state index >= 15 is 0 Å². The van der Waals surface area contributed by atoms with Crippen LogP contribution in [-0.4, -0.2) is 25.0 Å². The van der Waals surface area contributed by atoms with E-state index in [4.69, 9.17) is 4.74 Å². The SMILES string of the molecule is COc1ccc(N(C(=O)/C=C/c2ccc(NC(C)=O)cc2)C(C)C2CC2)cc1. The molecular weight excluding hydrogens is 352 g/mol. The van der Waals surface area contributed by atoms with Crippen molar-refractivity contribution in [2.24, 2.45) is 5.92 Å². The number of hydrogen-bond donors (Lipinski definition) is 1. The van der Waals surface area contributed by atoms with Crippen LogP contribution in [0.15, 0.2) is 54.6 Å². The summed E-state index contributed by atoms with van der Waals surface area (Å²) in [6.45, 7) is 3.58. The van der Waals surface area contributed by atoms with Gasteiger partial charge in [-0.3, -0.25) is 9.59 Å². The first-order chi connectivity index (χ1) is 13.5. The molecule has 5 nitrogen and oxygen atoms in total. The number of carbonyl (C=O) groups is 2. The van der Waals surface area contributed by atoms with Crippen molar-refractivity contribution in [2.45, 2.75) is 32.7 Å². The highest BCUT2D eigenvalue weighted by Gasteiger charge is 2.34. The van der Waals surface area contributed by atoms with Gasteiger partial charge in [0, 0.05) is 30.4 Å². The summed E-state index contributed by atoms with van der Waals surface area (Å²) in [6.07, 6.45) is 5.73. The van der Waals surface area contributed by atoms with Crippen molar-refractivity contribution < 1.29 is 14.3 Å². The number of anilines is 2. The van der Waals surface area contributed by atoms with Crippen molar-refractivity contribution in [3.63, 3.8) is 0 Å². The highest BCUT2D eigenvalue weighted by Crippen LogP contribution is 2.37. The second kappa shape index (κ2) is 8.74. The summed E-state index contributed by atoms with van der Waals surface area (Å²) in [6, 6.07) is 15.1. The Balaban J connectivity index is 1.76. The lowest BCUT2D eigenvalue weighted by atomic mass is 10.1. The lowest BCUT2D eigenvalue weighted by Crippen LogP contribution is -2.39. The van der Waals surface area contributed by atoms with E-state index in [-0.39, 0.29) is 17.9 Å². The fourth-order valence-corrected chi connectivity index (χ4v) is 3.22. The third-order valence-electron chi connectivity index (χ3n) is 4.95. The van der Waals surface area contributed by atoms with Gasteiger partial charge in [0.25, 0.3) is 5.91 Å². The van der Waals surface area contributed by atoms with Gasteiger partial charge in [0.05, 0.1) is 7.11 Å². The fraction of sp³-hybridized carbons (Fsp3) is 0.304. The lowest BCUT2D eigenvalue weighted by molar-refractivity contribution is -0.115. The fourth-order valence-electron chi connectivity index (χ4n) is 3.22. The Morgan fingerprint density at radius 2 is 1.75 bits per heavy atom. The first-order valence-corrected chi connectivity index (χ1v) is 9.51. The van der Waals surface area contributed by atoms with Crippen LogP contribution >= 0.6 is 0 Å². The van der Waals surface area contributed by atoms with E-state index in [1.54, 1.807) is 19.3 Å². The average molecular weight is 378 g/mol. The summed E-state index contributed by atoms with van der Waals surface area (Å²) in [5.74, 6) is 1.17. The molecule has 1 saturated carbocycles. The zero-order chi connectivity index (χ0) is 20.1.